The SMILES string of the molecule is NCCC(=O)c1cc(F)c(OCc2ccccc2)c(Cl)c1. The van der Waals surface area contributed by atoms with Crippen LogP contribution in [-0.2, 0) is 6.61 Å². The van der Waals surface area contributed by atoms with Crippen molar-refractivity contribution in [2.45, 2.75) is 13.0 Å². The van der Waals surface area contributed by atoms with E-state index in [0.29, 0.717) is 0 Å². The number of rotatable bonds is 6. The van der Waals surface area contributed by atoms with Gasteiger partial charge in [0.2, 0.25) is 0 Å². The number of hydrogen-bond acceptors (Lipinski definition) is 3. The van der Waals surface area contributed by atoms with E-state index in [1.807, 2.05) is 30.3 Å². The van der Waals surface area contributed by atoms with Gasteiger partial charge < -0.3 is 10.5 Å². The molecule has 0 saturated carbocycles. The first-order valence-electron chi connectivity index (χ1n) is 6.51. The maximum absolute atomic E-state index is 14.0. The lowest BCUT2D eigenvalue weighted by atomic mass is 10.1. The monoisotopic (exact) mass is 307 g/mol. The van der Waals surface area contributed by atoms with Gasteiger partial charge in [0.25, 0.3) is 0 Å². The fraction of sp³-hybridized carbons (Fsp3) is 0.188. The molecule has 2 N–H and O–H groups in total. The first kappa shape index (κ1) is 15.5. The Balaban J connectivity index is 2.15. The van der Waals surface area contributed by atoms with Gasteiger partial charge in [-0.25, -0.2) is 4.39 Å². The normalized spacial score (nSPS) is 10.4. The van der Waals surface area contributed by atoms with E-state index in [2.05, 4.69) is 0 Å². The van der Waals surface area contributed by atoms with E-state index in [1.54, 1.807) is 0 Å². The van der Waals surface area contributed by atoms with E-state index in [-0.39, 0.29) is 41.7 Å². The van der Waals surface area contributed by atoms with Gasteiger partial charge in [0.1, 0.15) is 6.61 Å². The summed E-state index contributed by atoms with van der Waals surface area (Å²) in [5.74, 6) is -0.948. The van der Waals surface area contributed by atoms with E-state index >= 15 is 0 Å². The second-order valence-corrected chi connectivity index (χ2v) is 4.91. The van der Waals surface area contributed by atoms with E-state index in [9.17, 15) is 9.18 Å². The summed E-state index contributed by atoms with van der Waals surface area (Å²) < 4.78 is 19.4. The molecule has 0 saturated heterocycles. The molecule has 0 bridgehead atoms. The Morgan fingerprint density at radius 2 is 1.95 bits per heavy atom. The Morgan fingerprint density at radius 3 is 2.57 bits per heavy atom. The Labute approximate surface area is 127 Å². The Kier molecular flexibility index (Phi) is 5.31. The van der Waals surface area contributed by atoms with Gasteiger partial charge in [-0.15, -0.1) is 0 Å². The number of carbonyl (C=O) groups excluding carboxylic acids is 1. The predicted octanol–water partition coefficient (Wildman–Crippen LogP) is 3.59. The van der Waals surface area contributed by atoms with Crippen molar-refractivity contribution in [1.29, 1.82) is 0 Å². The third-order valence-corrected chi connectivity index (χ3v) is 3.20. The third kappa shape index (κ3) is 4.03. The second kappa shape index (κ2) is 7.20. The zero-order chi connectivity index (χ0) is 15.2. The number of ketones is 1. The van der Waals surface area contributed by atoms with E-state index in [4.69, 9.17) is 22.1 Å². The molecular formula is C16H15ClFNO2. The van der Waals surface area contributed by atoms with Gasteiger partial charge in [-0.2, -0.15) is 0 Å². The van der Waals surface area contributed by atoms with Crippen LogP contribution in [0.15, 0.2) is 42.5 Å². The summed E-state index contributed by atoms with van der Waals surface area (Å²) in [6.45, 7) is 0.415. The van der Waals surface area contributed by atoms with E-state index < -0.39 is 5.82 Å². The third-order valence-electron chi connectivity index (χ3n) is 2.92. The number of ether oxygens (including phenoxy) is 1. The average Bonchev–Trinajstić information content (AvgIpc) is 2.47. The molecule has 21 heavy (non-hydrogen) atoms. The molecule has 0 aliphatic rings. The minimum Gasteiger partial charge on any atom is -0.484 e. The van der Waals surface area contributed by atoms with Gasteiger partial charge in [0.15, 0.2) is 17.3 Å². The number of hydrogen-bond donors (Lipinski definition) is 1. The van der Waals surface area contributed by atoms with Crippen molar-refractivity contribution < 1.29 is 13.9 Å². The molecule has 110 valence electrons. The Bertz CT molecular complexity index is 608. The van der Waals surface area contributed by atoms with Crippen LogP contribution in [0.1, 0.15) is 22.3 Å². The summed E-state index contributed by atoms with van der Waals surface area (Å²) in [6, 6.07) is 11.9. The van der Waals surface area contributed by atoms with Crippen molar-refractivity contribution in [3.63, 3.8) is 0 Å². The molecule has 2 aromatic carbocycles. The molecule has 0 fully saturated rings. The smallest absolute Gasteiger partial charge is 0.174 e. The minimum atomic E-state index is -0.654. The molecule has 0 aliphatic heterocycles. The van der Waals surface area contributed by atoms with Gasteiger partial charge in [0, 0.05) is 12.0 Å². The highest BCUT2D eigenvalue weighted by Crippen LogP contribution is 2.30. The lowest BCUT2D eigenvalue weighted by Gasteiger charge is -2.10. The van der Waals surface area contributed by atoms with Crippen molar-refractivity contribution in [2.24, 2.45) is 5.73 Å². The molecule has 3 nitrogen and oxygen atoms in total. The molecule has 0 aromatic heterocycles. The maximum Gasteiger partial charge on any atom is 0.174 e. The van der Waals surface area contributed by atoms with Gasteiger partial charge in [-0.05, 0) is 24.2 Å². The molecule has 0 spiro atoms. The van der Waals surface area contributed by atoms with Crippen molar-refractivity contribution in [3.8, 4) is 5.75 Å². The van der Waals surface area contributed by atoms with E-state index in [0.717, 1.165) is 11.6 Å². The van der Waals surface area contributed by atoms with Gasteiger partial charge in [-0.1, -0.05) is 41.9 Å². The zero-order valence-corrected chi connectivity index (χ0v) is 12.1. The molecule has 0 aliphatic carbocycles. The number of benzene rings is 2. The summed E-state index contributed by atoms with van der Waals surface area (Å²) in [6.07, 6.45) is 0.153. The molecule has 0 atom stereocenters. The molecule has 0 amide bonds. The summed E-state index contributed by atoms with van der Waals surface area (Å²) in [5.41, 5.74) is 6.42. The van der Waals surface area contributed by atoms with Gasteiger partial charge in [0.05, 0.1) is 5.02 Å². The van der Waals surface area contributed by atoms with E-state index in [1.165, 1.54) is 6.07 Å². The molecule has 0 heterocycles. The van der Waals surface area contributed by atoms with Crippen molar-refractivity contribution >= 4 is 17.4 Å². The molecule has 0 unspecified atom stereocenters. The summed E-state index contributed by atoms with van der Waals surface area (Å²) in [4.78, 5) is 11.7. The lowest BCUT2D eigenvalue weighted by molar-refractivity contribution is 0.0985. The van der Waals surface area contributed by atoms with Crippen LogP contribution in [0.2, 0.25) is 5.02 Å². The molecule has 2 aromatic rings. The number of halogens is 2. The molecule has 5 heteroatoms. The summed E-state index contributed by atoms with van der Waals surface area (Å²) in [5, 5.41) is 0.0753. The fourth-order valence-corrected chi connectivity index (χ4v) is 2.13. The minimum absolute atomic E-state index is 0.0511. The predicted molar refractivity (Wildman–Crippen MR) is 80.2 cm³/mol. The molecule has 2 rings (SSSR count). The highest BCUT2D eigenvalue weighted by molar-refractivity contribution is 6.32. The largest absolute Gasteiger partial charge is 0.484 e. The van der Waals surface area contributed by atoms with Crippen LogP contribution in [0, 0.1) is 5.82 Å². The Morgan fingerprint density at radius 1 is 1.24 bits per heavy atom. The quantitative estimate of drug-likeness (QED) is 0.830. The van der Waals surface area contributed by atoms with Crippen LogP contribution in [0.3, 0.4) is 0 Å². The van der Waals surface area contributed by atoms with Crippen molar-refractivity contribution in [3.05, 3.63) is 64.4 Å². The fourth-order valence-electron chi connectivity index (χ4n) is 1.86. The Hall–Kier alpha value is -1.91. The standard InChI is InChI=1S/C16H15ClFNO2/c17-13-8-12(15(20)6-7-19)9-14(18)16(13)21-10-11-4-2-1-3-5-11/h1-5,8-9H,6-7,10,19H2. The van der Waals surface area contributed by atoms with Crippen LogP contribution in [0.4, 0.5) is 4.39 Å². The average molecular weight is 308 g/mol. The topological polar surface area (TPSA) is 52.3 Å². The van der Waals surface area contributed by atoms with Crippen LogP contribution in [-0.4, -0.2) is 12.3 Å². The first-order chi connectivity index (χ1) is 10.1. The summed E-state index contributed by atoms with van der Waals surface area (Å²) >= 11 is 6.00. The lowest BCUT2D eigenvalue weighted by Crippen LogP contribution is -2.09. The van der Waals surface area contributed by atoms with Crippen LogP contribution < -0.4 is 10.5 Å². The number of nitrogens with two attached hydrogens (primary N) is 1. The molecule has 0 radical (unpaired) electrons. The van der Waals surface area contributed by atoms with Gasteiger partial charge in [-0.3, -0.25) is 4.79 Å². The van der Waals surface area contributed by atoms with Crippen LogP contribution >= 0.6 is 11.6 Å². The number of carbonyl (C=O) groups is 1. The van der Waals surface area contributed by atoms with Crippen molar-refractivity contribution in [1.82, 2.24) is 0 Å². The van der Waals surface area contributed by atoms with Crippen LogP contribution in [0.25, 0.3) is 0 Å². The molecular weight excluding hydrogens is 293 g/mol. The zero-order valence-electron chi connectivity index (χ0n) is 11.3. The highest BCUT2D eigenvalue weighted by atomic mass is 35.5. The highest BCUT2D eigenvalue weighted by Gasteiger charge is 2.15. The first-order valence-corrected chi connectivity index (χ1v) is 6.88. The maximum atomic E-state index is 14.0. The van der Waals surface area contributed by atoms with Gasteiger partial charge >= 0.3 is 0 Å². The summed E-state index contributed by atoms with van der Waals surface area (Å²) in [7, 11) is 0. The second-order valence-electron chi connectivity index (χ2n) is 4.51. The number of Topliss-reactive ketones (excluding diaryl/α,β-unsaturated/α-hetero) is 1. The van der Waals surface area contributed by atoms with Crippen LogP contribution in [0.5, 0.6) is 5.75 Å². The van der Waals surface area contributed by atoms with Crippen molar-refractivity contribution in [2.75, 3.05) is 6.54 Å².